The van der Waals surface area contributed by atoms with Gasteiger partial charge in [-0.2, -0.15) is 0 Å². The summed E-state index contributed by atoms with van der Waals surface area (Å²) >= 11 is 0. The molecule has 2 aliphatic carbocycles. The second-order valence-corrected chi connectivity index (χ2v) is 9.21. The van der Waals surface area contributed by atoms with E-state index in [1.807, 2.05) is 13.0 Å². The second-order valence-electron chi connectivity index (χ2n) is 9.21. The average molecular weight is 381 g/mol. The summed E-state index contributed by atoms with van der Waals surface area (Å²) in [6, 6.07) is 0. The van der Waals surface area contributed by atoms with Crippen molar-refractivity contribution in [3.05, 3.63) is 23.8 Å². The van der Waals surface area contributed by atoms with Gasteiger partial charge in [-0.25, -0.2) is 0 Å². The van der Waals surface area contributed by atoms with Gasteiger partial charge in [0, 0.05) is 12.3 Å². The van der Waals surface area contributed by atoms with E-state index in [1.165, 1.54) is 6.92 Å². The Kier molecular flexibility index (Phi) is 6.93. The summed E-state index contributed by atoms with van der Waals surface area (Å²) < 4.78 is 5.36. The molecule has 5 heteroatoms. The van der Waals surface area contributed by atoms with Crippen LogP contribution < -0.4 is 0 Å². The fourth-order valence-corrected chi connectivity index (χ4v) is 5.74. The second kappa shape index (κ2) is 8.46. The van der Waals surface area contributed by atoms with Crippen molar-refractivity contribution in [1.29, 1.82) is 0 Å². The average Bonchev–Trinajstić information content (AvgIpc) is 2.55. The number of esters is 1. The van der Waals surface area contributed by atoms with E-state index in [4.69, 9.17) is 9.84 Å². The maximum Gasteiger partial charge on any atom is 0.302 e. The zero-order chi connectivity index (χ0) is 20.4. The highest BCUT2D eigenvalue weighted by Crippen LogP contribution is 2.62. The van der Waals surface area contributed by atoms with Crippen molar-refractivity contribution < 1.29 is 24.9 Å². The summed E-state index contributed by atoms with van der Waals surface area (Å²) in [6.45, 7) is 12.1. The number of hydrogen-bond donors (Lipinski definition) is 3. The molecule has 0 aliphatic heterocycles. The van der Waals surface area contributed by atoms with Gasteiger partial charge < -0.3 is 20.1 Å². The van der Waals surface area contributed by atoms with Gasteiger partial charge in [-0.05, 0) is 61.9 Å². The molecule has 2 aliphatic rings. The van der Waals surface area contributed by atoms with Crippen molar-refractivity contribution in [1.82, 2.24) is 0 Å². The summed E-state index contributed by atoms with van der Waals surface area (Å²) in [5.74, 6) is -0.125. The first-order chi connectivity index (χ1) is 12.5. The van der Waals surface area contributed by atoms with Gasteiger partial charge in [0.1, 0.15) is 0 Å². The highest BCUT2D eigenvalue weighted by Gasteiger charge is 2.58. The van der Waals surface area contributed by atoms with Crippen LogP contribution in [-0.2, 0) is 9.53 Å². The Labute approximate surface area is 163 Å². The van der Waals surface area contributed by atoms with Crippen molar-refractivity contribution >= 4 is 5.97 Å². The minimum absolute atomic E-state index is 0.0269. The van der Waals surface area contributed by atoms with Crippen molar-refractivity contribution in [3.63, 3.8) is 0 Å². The van der Waals surface area contributed by atoms with Crippen molar-refractivity contribution in [3.8, 4) is 0 Å². The minimum atomic E-state index is -0.581. The lowest BCUT2D eigenvalue weighted by molar-refractivity contribution is -0.167. The maximum atomic E-state index is 11.4. The van der Waals surface area contributed by atoms with Crippen molar-refractivity contribution in [2.24, 2.45) is 22.7 Å². The first-order valence-corrected chi connectivity index (χ1v) is 9.98. The molecule has 0 bridgehead atoms. The zero-order valence-corrected chi connectivity index (χ0v) is 17.2. The van der Waals surface area contributed by atoms with E-state index in [2.05, 4.69) is 20.4 Å². The third-order valence-electron chi connectivity index (χ3n) is 7.02. The Balaban J connectivity index is 2.33. The molecule has 2 saturated carbocycles. The molecule has 6 atom stereocenters. The number of allylic oxidation sites excluding steroid dienone is 1. The number of hydrogen-bond acceptors (Lipinski definition) is 5. The van der Waals surface area contributed by atoms with Crippen LogP contribution in [0.15, 0.2) is 23.8 Å². The van der Waals surface area contributed by atoms with Crippen LogP contribution in [0.3, 0.4) is 0 Å². The Morgan fingerprint density at radius 3 is 2.56 bits per heavy atom. The fourth-order valence-electron chi connectivity index (χ4n) is 5.74. The molecule has 0 aromatic carbocycles. The van der Waals surface area contributed by atoms with Gasteiger partial charge in [-0.3, -0.25) is 4.79 Å². The Bertz CT molecular complexity index is 598. The molecule has 0 radical (unpaired) electrons. The van der Waals surface area contributed by atoms with E-state index in [9.17, 15) is 15.0 Å². The summed E-state index contributed by atoms with van der Waals surface area (Å²) in [5.41, 5.74) is 1.36. The van der Waals surface area contributed by atoms with Crippen LogP contribution in [0.5, 0.6) is 0 Å². The number of carbonyl (C=O) groups excluding carboxylic acids is 1. The quantitative estimate of drug-likeness (QED) is 0.487. The summed E-state index contributed by atoms with van der Waals surface area (Å²) in [7, 11) is 0. The standard InChI is InChI=1S/C22H36O5/c1-14(8-9-23)6-7-18-15(2)19(26)10-20-21(4,13-27-16(3)24)11-17(25)12-22(18,20)5/h8,17-20,23,25-26H,2,6-7,9-13H2,1,3-5H3. The molecule has 154 valence electrons. The molecule has 27 heavy (non-hydrogen) atoms. The predicted octanol–water partition coefficient (Wildman–Crippen LogP) is 2.99. The maximum absolute atomic E-state index is 11.4. The molecular formula is C22H36O5. The first kappa shape index (κ1) is 22.1. The number of aliphatic hydroxyl groups excluding tert-OH is 3. The number of ether oxygens (including phenoxy) is 1. The largest absolute Gasteiger partial charge is 0.465 e. The van der Waals surface area contributed by atoms with E-state index < -0.39 is 12.2 Å². The normalized spacial score (nSPS) is 39.8. The van der Waals surface area contributed by atoms with Gasteiger partial charge in [0.05, 0.1) is 25.4 Å². The summed E-state index contributed by atoms with van der Waals surface area (Å²) in [4.78, 5) is 11.4. The number of aliphatic hydroxyl groups is 3. The Morgan fingerprint density at radius 1 is 1.30 bits per heavy atom. The molecular weight excluding hydrogens is 344 g/mol. The lowest BCUT2D eigenvalue weighted by atomic mass is 9.45. The number of carbonyl (C=O) groups is 1. The molecule has 2 rings (SSSR count). The van der Waals surface area contributed by atoms with E-state index in [1.54, 1.807) is 0 Å². The molecule has 0 aromatic heterocycles. The smallest absolute Gasteiger partial charge is 0.302 e. The molecule has 0 heterocycles. The van der Waals surface area contributed by atoms with Crippen molar-refractivity contribution in [2.75, 3.05) is 13.2 Å². The van der Waals surface area contributed by atoms with E-state index >= 15 is 0 Å². The SMILES string of the molecule is C=C1C(O)CC2C(C)(COC(C)=O)CC(O)CC2(C)C1CCC(C)=CCO. The van der Waals surface area contributed by atoms with Crippen LogP contribution in [0, 0.1) is 22.7 Å². The molecule has 5 nitrogen and oxygen atoms in total. The van der Waals surface area contributed by atoms with Gasteiger partial charge >= 0.3 is 5.97 Å². The van der Waals surface area contributed by atoms with Crippen molar-refractivity contribution in [2.45, 2.75) is 72.0 Å². The third-order valence-corrected chi connectivity index (χ3v) is 7.02. The topological polar surface area (TPSA) is 87.0 Å². The number of rotatable bonds is 6. The molecule has 0 saturated heterocycles. The molecule has 2 fully saturated rings. The molecule has 0 aromatic rings. The minimum Gasteiger partial charge on any atom is -0.465 e. The molecule has 3 N–H and O–H groups in total. The molecule has 0 spiro atoms. The predicted molar refractivity (Wildman–Crippen MR) is 105 cm³/mol. The van der Waals surface area contributed by atoms with Gasteiger partial charge in [-0.15, -0.1) is 0 Å². The monoisotopic (exact) mass is 380 g/mol. The lowest BCUT2D eigenvalue weighted by Crippen LogP contribution is -2.58. The molecule has 6 unspecified atom stereocenters. The Morgan fingerprint density at radius 2 is 1.96 bits per heavy atom. The van der Waals surface area contributed by atoms with Crippen LogP contribution in [0.2, 0.25) is 0 Å². The third kappa shape index (κ3) is 4.64. The lowest BCUT2D eigenvalue weighted by Gasteiger charge is -2.60. The van der Waals surface area contributed by atoms with E-state index in [-0.39, 0.29) is 41.8 Å². The van der Waals surface area contributed by atoms with E-state index in [0.29, 0.717) is 19.3 Å². The van der Waals surface area contributed by atoms with Crippen LogP contribution in [0.1, 0.15) is 59.8 Å². The van der Waals surface area contributed by atoms with Gasteiger partial charge in [0.25, 0.3) is 0 Å². The Hall–Kier alpha value is -1.17. The highest BCUT2D eigenvalue weighted by atomic mass is 16.5. The van der Waals surface area contributed by atoms with Gasteiger partial charge in [0.2, 0.25) is 0 Å². The zero-order valence-electron chi connectivity index (χ0n) is 17.2. The number of fused-ring (bicyclic) bond motifs is 1. The fraction of sp³-hybridized carbons (Fsp3) is 0.773. The van der Waals surface area contributed by atoms with Crippen LogP contribution in [0.4, 0.5) is 0 Å². The molecule has 0 amide bonds. The van der Waals surface area contributed by atoms with Crippen LogP contribution in [0.25, 0.3) is 0 Å². The summed E-state index contributed by atoms with van der Waals surface area (Å²) in [5, 5.41) is 30.5. The van der Waals surface area contributed by atoms with Gasteiger partial charge in [-0.1, -0.05) is 32.1 Å². The van der Waals surface area contributed by atoms with E-state index in [0.717, 1.165) is 24.0 Å². The van der Waals surface area contributed by atoms with Crippen LogP contribution >= 0.6 is 0 Å². The van der Waals surface area contributed by atoms with Gasteiger partial charge in [0.15, 0.2) is 0 Å². The first-order valence-electron chi connectivity index (χ1n) is 9.98. The summed E-state index contributed by atoms with van der Waals surface area (Å²) in [6.07, 6.45) is 4.21. The highest BCUT2D eigenvalue weighted by molar-refractivity contribution is 5.65. The van der Waals surface area contributed by atoms with Crippen LogP contribution in [-0.4, -0.2) is 46.7 Å².